The van der Waals surface area contributed by atoms with Gasteiger partial charge in [-0.1, -0.05) is 0 Å². The molecule has 0 aliphatic rings. The molecule has 0 aliphatic carbocycles. The van der Waals surface area contributed by atoms with Gasteiger partial charge in [-0.05, 0) is 45.9 Å². The average molecular weight is 371 g/mol. The minimum Gasteiger partial charge on any atom is -0.307 e. The van der Waals surface area contributed by atoms with E-state index in [1.807, 2.05) is 13.1 Å². The summed E-state index contributed by atoms with van der Waals surface area (Å²) >= 11 is 11.2. The predicted molar refractivity (Wildman–Crippen MR) is 87.8 cm³/mol. The quantitative estimate of drug-likeness (QED) is 0.638. The molecule has 0 fully saturated rings. The van der Waals surface area contributed by atoms with E-state index in [0.29, 0.717) is 5.88 Å². The highest BCUT2D eigenvalue weighted by molar-refractivity contribution is 9.10. The van der Waals surface area contributed by atoms with E-state index in [1.165, 1.54) is 4.88 Å². The summed E-state index contributed by atoms with van der Waals surface area (Å²) < 4.78 is 3.29. The van der Waals surface area contributed by atoms with Crippen LogP contribution in [0.25, 0.3) is 11.2 Å². The van der Waals surface area contributed by atoms with Crippen molar-refractivity contribution in [3.63, 3.8) is 0 Å². The van der Waals surface area contributed by atoms with Crippen LogP contribution in [-0.2, 0) is 13.0 Å². The maximum absolute atomic E-state index is 5.90. The van der Waals surface area contributed by atoms with Crippen LogP contribution in [0.3, 0.4) is 0 Å². The van der Waals surface area contributed by atoms with E-state index in [4.69, 9.17) is 11.6 Å². The zero-order valence-corrected chi connectivity index (χ0v) is 14.1. The van der Waals surface area contributed by atoms with Crippen molar-refractivity contribution in [2.75, 3.05) is 5.88 Å². The third kappa shape index (κ3) is 2.62. The summed E-state index contributed by atoms with van der Waals surface area (Å²) in [6.45, 7) is 2.81. The van der Waals surface area contributed by atoms with Crippen LogP contribution in [0.1, 0.15) is 16.3 Å². The minimum atomic E-state index is 0.563. The van der Waals surface area contributed by atoms with Crippen molar-refractivity contribution in [3.8, 4) is 0 Å². The Morgan fingerprint density at radius 3 is 3.00 bits per heavy atom. The van der Waals surface area contributed by atoms with Gasteiger partial charge in [0.15, 0.2) is 5.65 Å². The van der Waals surface area contributed by atoms with Gasteiger partial charge in [0.05, 0.1) is 6.54 Å². The zero-order chi connectivity index (χ0) is 14.1. The second-order valence-corrected chi connectivity index (χ2v) is 6.83. The van der Waals surface area contributed by atoms with Gasteiger partial charge in [0.1, 0.15) is 11.3 Å². The van der Waals surface area contributed by atoms with E-state index in [2.05, 4.69) is 48.0 Å². The van der Waals surface area contributed by atoms with Crippen molar-refractivity contribution in [1.29, 1.82) is 0 Å². The highest BCUT2D eigenvalue weighted by atomic mass is 79.9. The van der Waals surface area contributed by atoms with Crippen molar-refractivity contribution in [2.24, 2.45) is 0 Å². The molecule has 0 radical (unpaired) electrons. The van der Waals surface area contributed by atoms with Crippen LogP contribution in [0, 0.1) is 6.92 Å². The number of pyridine rings is 1. The molecule has 0 aromatic carbocycles. The third-order valence-electron chi connectivity index (χ3n) is 3.11. The lowest BCUT2D eigenvalue weighted by atomic mass is 10.3. The number of alkyl halides is 1. The fraction of sp³-hybridized carbons (Fsp3) is 0.286. The first kappa shape index (κ1) is 14.0. The smallest absolute Gasteiger partial charge is 0.160 e. The molecule has 20 heavy (non-hydrogen) atoms. The topological polar surface area (TPSA) is 30.7 Å². The van der Waals surface area contributed by atoms with Gasteiger partial charge in [-0.3, -0.25) is 0 Å². The second kappa shape index (κ2) is 5.84. The number of rotatable bonds is 4. The number of hydrogen-bond acceptors (Lipinski definition) is 3. The number of halogens is 2. The molecular weight excluding hydrogens is 358 g/mol. The molecule has 3 aromatic rings. The zero-order valence-electron chi connectivity index (χ0n) is 10.9. The Morgan fingerprint density at radius 2 is 2.30 bits per heavy atom. The fourth-order valence-electron chi connectivity index (χ4n) is 2.18. The van der Waals surface area contributed by atoms with Crippen molar-refractivity contribution in [3.05, 3.63) is 44.4 Å². The molecule has 0 spiro atoms. The van der Waals surface area contributed by atoms with E-state index >= 15 is 0 Å². The first-order chi connectivity index (χ1) is 9.69. The average Bonchev–Trinajstić information content (AvgIpc) is 2.96. The summed E-state index contributed by atoms with van der Waals surface area (Å²) in [7, 11) is 0. The lowest BCUT2D eigenvalue weighted by molar-refractivity contribution is 0.754. The van der Waals surface area contributed by atoms with Gasteiger partial charge in [0.2, 0.25) is 0 Å². The molecule has 3 aromatic heterocycles. The van der Waals surface area contributed by atoms with E-state index in [0.717, 1.165) is 40.0 Å². The normalized spacial score (nSPS) is 11.3. The molecule has 3 nitrogen and oxygen atoms in total. The predicted octanol–water partition coefficient (Wildman–Crippen LogP) is 4.39. The number of aryl methyl sites for hydroxylation is 2. The van der Waals surface area contributed by atoms with Gasteiger partial charge in [-0.15, -0.1) is 22.9 Å². The van der Waals surface area contributed by atoms with Crippen LogP contribution < -0.4 is 0 Å². The number of thiophene rings is 1. The Balaban J connectivity index is 2.11. The standard InChI is InChI=1S/C14H13BrClN3S/c1-9-6-11-14(17-7-9)19(13(18-11)2-4-16)8-12-10(15)3-5-20-12/h3,5-7H,2,4,8H2,1H3. The first-order valence-electron chi connectivity index (χ1n) is 6.28. The van der Waals surface area contributed by atoms with E-state index in [9.17, 15) is 0 Å². The van der Waals surface area contributed by atoms with Gasteiger partial charge in [-0.25, -0.2) is 9.97 Å². The Labute approximate surface area is 134 Å². The molecule has 0 bridgehead atoms. The van der Waals surface area contributed by atoms with Crippen molar-refractivity contribution >= 4 is 50.0 Å². The van der Waals surface area contributed by atoms with E-state index in [1.54, 1.807) is 11.3 Å². The Morgan fingerprint density at radius 1 is 1.45 bits per heavy atom. The van der Waals surface area contributed by atoms with Gasteiger partial charge in [0, 0.05) is 27.8 Å². The Kier molecular flexibility index (Phi) is 4.10. The highest BCUT2D eigenvalue weighted by Crippen LogP contribution is 2.26. The van der Waals surface area contributed by atoms with Gasteiger partial charge >= 0.3 is 0 Å². The molecule has 3 heterocycles. The summed E-state index contributed by atoms with van der Waals surface area (Å²) in [4.78, 5) is 10.5. The summed E-state index contributed by atoms with van der Waals surface area (Å²) in [5.41, 5.74) is 2.99. The number of fused-ring (bicyclic) bond motifs is 1. The monoisotopic (exact) mass is 369 g/mol. The number of hydrogen-bond donors (Lipinski definition) is 0. The van der Waals surface area contributed by atoms with Crippen LogP contribution in [0.15, 0.2) is 28.2 Å². The van der Waals surface area contributed by atoms with Crippen LogP contribution in [0.5, 0.6) is 0 Å². The van der Waals surface area contributed by atoms with Gasteiger partial charge in [0.25, 0.3) is 0 Å². The molecule has 104 valence electrons. The third-order valence-corrected chi connectivity index (χ3v) is 5.21. The SMILES string of the molecule is Cc1cnc2c(c1)nc(CCCl)n2Cc1sccc1Br. The maximum atomic E-state index is 5.90. The van der Waals surface area contributed by atoms with Crippen LogP contribution in [0.2, 0.25) is 0 Å². The molecule has 0 aliphatic heterocycles. The molecule has 0 N–H and O–H groups in total. The van der Waals surface area contributed by atoms with Crippen molar-refractivity contribution < 1.29 is 0 Å². The van der Waals surface area contributed by atoms with Gasteiger partial charge < -0.3 is 4.57 Å². The minimum absolute atomic E-state index is 0.563. The molecule has 3 rings (SSSR count). The van der Waals surface area contributed by atoms with Gasteiger partial charge in [-0.2, -0.15) is 0 Å². The summed E-state index contributed by atoms with van der Waals surface area (Å²) in [6.07, 6.45) is 2.63. The van der Waals surface area contributed by atoms with Crippen molar-refractivity contribution in [1.82, 2.24) is 14.5 Å². The van der Waals surface area contributed by atoms with E-state index in [-0.39, 0.29) is 0 Å². The van der Waals surface area contributed by atoms with Crippen LogP contribution >= 0.6 is 38.9 Å². The second-order valence-electron chi connectivity index (χ2n) is 4.60. The summed E-state index contributed by atoms with van der Waals surface area (Å²) in [6, 6.07) is 4.14. The summed E-state index contributed by atoms with van der Waals surface area (Å²) in [5, 5.41) is 2.08. The Hall–Kier alpha value is -0.910. The number of aromatic nitrogens is 3. The van der Waals surface area contributed by atoms with Crippen molar-refractivity contribution in [2.45, 2.75) is 19.9 Å². The fourth-order valence-corrected chi connectivity index (χ4v) is 3.82. The molecule has 0 saturated carbocycles. The Bertz CT molecular complexity index is 750. The molecule has 0 unspecified atom stereocenters. The molecular formula is C14H13BrClN3S. The molecule has 0 atom stereocenters. The first-order valence-corrected chi connectivity index (χ1v) is 8.49. The highest BCUT2D eigenvalue weighted by Gasteiger charge is 2.13. The largest absolute Gasteiger partial charge is 0.307 e. The summed E-state index contributed by atoms with van der Waals surface area (Å²) in [5.74, 6) is 1.56. The van der Waals surface area contributed by atoms with E-state index < -0.39 is 0 Å². The number of imidazole rings is 1. The molecule has 0 saturated heterocycles. The maximum Gasteiger partial charge on any atom is 0.160 e. The number of nitrogens with zero attached hydrogens (tertiary/aromatic N) is 3. The lowest BCUT2D eigenvalue weighted by Gasteiger charge is -2.07. The molecule has 6 heteroatoms. The lowest BCUT2D eigenvalue weighted by Crippen LogP contribution is -2.06. The van der Waals surface area contributed by atoms with Crippen LogP contribution in [-0.4, -0.2) is 20.4 Å². The molecule has 0 amide bonds. The van der Waals surface area contributed by atoms with Crippen LogP contribution in [0.4, 0.5) is 0 Å².